The first-order valence-electron chi connectivity index (χ1n) is 6.81. The first kappa shape index (κ1) is 13.1. The van der Waals surface area contributed by atoms with E-state index in [4.69, 9.17) is 9.31 Å². The van der Waals surface area contributed by atoms with Crippen molar-refractivity contribution in [3.8, 4) is 0 Å². The summed E-state index contributed by atoms with van der Waals surface area (Å²) >= 11 is 0. The largest absolute Gasteiger partial charge is 0.496 e. The van der Waals surface area contributed by atoms with Crippen LogP contribution in [0.15, 0.2) is 12.3 Å². The Morgan fingerprint density at radius 1 is 1.21 bits per heavy atom. The van der Waals surface area contributed by atoms with Crippen LogP contribution in [0.2, 0.25) is 0 Å². The van der Waals surface area contributed by atoms with E-state index in [0.29, 0.717) is 5.92 Å². The molecule has 19 heavy (non-hydrogen) atoms. The van der Waals surface area contributed by atoms with Crippen molar-refractivity contribution in [2.45, 2.75) is 57.7 Å². The molecule has 0 radical (unpaired) electrons. The van der Waals surface area contributed by atoms with Gasteiger partial charge in [0.1, 0.15) is 5.82 Å². The highest BCUT2D eigenvalue weighted by molar-refractivity contribution is 6.62. The molecule has 1 saturated carbocycles. The number of aromatic nitrogens is 1. The van der Waals surface area contributed by atoms with E-state index in [1.165, 1.54) is 12.3 Å². The monoisotopic (exact) mass is 263 g/mol. The Hall–Kier alpha value is -0.935. The van der Waals surface area contributed by atoms with Crippen LogP contribution in [-0.4, -0.2) is 23.3 Å². The zero-order chi connectivity index (χ0) is 13.8. The van der Waals surface area contributed by atoms with Crippen LogP contribution < -0.4 is 5.46 Å². The summed E-state index contributed by atoms with van der Waals surface area (Å²) in [5, 5.41) is 0. The molecule has 2 aliphatic rings. The Balaban J connectivity index is 1.97. The van der Waals surface area contributed by atoms with Crippen LogP contribution in [0.4, 0.5) is 4.39 Å². The van der Waals surface area contributed by atoms with Crippen LogP contribution in [0.5, 0.6) is 0 Å². The van der Waals surface area contributed by atoms with Gasteiger partial charge in [-0.05, 0) is 46.6 Å². The fourth-order valence-corrected chi connectivity index (χ4v) is 2.32. The molecule has 1 aliphatic carbocycles. The minimum absolute atomic E-state index is 0.339. The maximum Gasteiger partial charge on any atom is 0.496 e. The van der Waals surface area contributed by atoms with Gasteiger partial charge in [0.2, 0.25) is 0 Å². The fourth-order valence-electron chi connectivity index (χ4n) is 2.32. The average Bonchev–Trinajstić information content (AvgIpc) is 3.07. The number of hydrogen-bond donors (Lipinski definition) is 0. The first-order valence-corrected chi connectivity index (χ1v) is 6.81. The summed E-state index contributed by atoms with van der Waals surface area (Å²) in [5.74, 6) is 0.101. The second-order valence-corrected chi connectivity index (χ2v) is 6.49. The van der Waals surface area contributed by atoms with Crippen molar-refractivity contribution in [3.63, 3.8) is 0 Å². The summed E-state index contributed by atoms with van der Waals surface area (Å²) in [6.07, 6.45) is 3.51. The van der Waals surface area contributed by atoms with E-state index in [9.17, 15) is 4.39 Å². The lowest BCUT2D eigenvalue weighted by Crippen LogP contribution is -2.41. The molecule has 0 unspecified atom stereocenters. The number of halogens is 1. The van der Waals surface area contributed by atoms with E-state index in [0.717, 1.165) is 24.0 Å². The quantitative estimate of drug-likeness (QED) is 0.768. The van der Waals surface area contributed by atoms with Crippen molar-refractivity contribution in [1.29, 1.82) is 0 Å². The Morgan fingerprint density at radius 2 is 1.79 bits per heavy atom. The minimum Gasteiger partial charge on any atom is -0.399 e. The van der Waals surface area contributed by atoms with Gasteiger partial charge in [-0.1, -0.05) is 0 Å². The highest BCUT2D eigenvalue weighted by Gasteiger charge is 2.53. The Kier molecular flexibility index (Phi) is 2.77. The zero-order valence-electron chi connectivity index (χ0n) is 11.9. The Labute approximate surface area is 113 Å². The highest BCUT2D eigenvalue weighted by atomic mass is 19.1. The van der Waals surface area contributed by atoms with Gasteiger partial charge in [0.25, 0.3) is 0 Å². The smallest absolute Gasteiger partial charge is 0.399 e. The third-order valence-electron chi connectivity index (χ3n) is 4.39. The second kappa shape index (κ2) is 4.03. The molecule has 3 rings (SSSR count). The van der Waals surface area contributed by atoms with Crippen molar-refractivity contribution in [2.75, 3.05) is 0 Å². The molecular formula is C14H19BFNO2. The van der Waals surface area contributed by atoms with E-state index in [2.05, 4.69) is 4.98 Å². The number of hydrogen-bond acceptors (Lipinski definition) is 3. The SMILES string of the molecule is CC1(C)OB(c2cc(F)cnc2C2CC2)OC1(C)C. The van der Waals surface area contributed by atoms with Gasteiger partial charge in [0.05, 0.1) is 17.4 Å². The van der Waals surface area contributed by atoms with Gasteiger partial charge in [-0.3, -0.25) is 4.98 Å². The minimum atomic E-state index is -0.524. The molecule has 3 nitrogen and oxygen atoms in total. The van der Waals surface area contributed by atoms with Gasteiger partial charge in [0, 0.05) is 17.1 Å². The van der Waals surface area contributed by atoms with Crippen LogP contribution in [0.1, 0.15) is 52.1 Å². The van der Waals surface area contributed by atoms with Crippen molar-refractivity contribution in [2.24, 2.45) is 0 Å². The van der Waals surface area contributed by atoms with E-state index in [-0.39, 0.29) is 5.82 Å². The summed E-state index contributed by atoms with van der Waals surface area (Å²) < 4.78 is 25.5. The van der Waals surface area contributed by atoms with Crippen molar-refractivity contribution in [1.82, 2.24) is 4.98 Å². The van der Waals surface area contributed by atoms with E-state index < -0.39 is 18.3 Å². The van der Waals surface area contributed by atoms with Gasteiger partial charge in [-0.2, -0.15) is 0 Å². The average molecular weight is 263 g/mol. The first-order chi connectivity index (χ1) is 8.80. The number of pyridine rings is 1. The summed E-state index contributed by atoms with van der Waals surface area (Å²) in [5.41, 5.74) is 0.858. The lowest BCUT2D eigenvalue weighted by molar-refractivity contribution is 0.00578. The molecule has 1 aromatic rings. The standard InChI is InChI=1S/C14H19BFNO2/c1-13(2)14(3,4)19-15(18-13)11-7-10(16)8-17-12(11)9-5-6-9/h7-9H,5-6H2,1-4H3. The molecule has 2 heterocycles. The molecular weight excluding hydrogens is 244 g/mol. The van der Waals surface area contributed by atoms with Crippen LogP contribution in [-0.2, 0) is 9.31 Å². The van der Waals surface area contributed by atoms with Gasteiger partial charge in [0.15, 0.2) is 0 Å². The molecule has 2 fully saturated rings. The second-order valence-electron chi connectivity index (χ2n) is 6.49. The number of nitrogens with zero attached hydrogens (tertiary/aromatic N) is 1. The van der Waals surface area contributed by atoms with Crippen LogP contribution in [0.25, 0.3) is 0 Å². The predicted octanol–water partition coefficient (Wildman–Crippen LogP) is 2.40. The molecule has 1 aliphatic heterocycles. The molecule has 102 valence electrons. The Bertz CT molecular complexity index is 498. The van der Waals surface area contributed by atoms with Crippen molar-refractivity contribution < 1.29 is 13.7 Å². The van der Waals surface area contributed by atoms with Crippen LogP contribution in [0.3, 0.4) is 0 Å². The molecule has 1 saturated heterocycles. The van der Waals surface area contributed by atoms with Crippen LogP contribution >= 0.6 is 0 Å². The summed E-state index contributed by atoms with van der Waals surface area (Å²) in [7, 11) is -0.524. The molecule has 0 atom stereocenters. The Morgan fingerprint density at radius 3 is 2.32 bits per heavy atom. The third kappa shape index (κ3) is 2.19. The molecule has 0 spiro atoms. The van der Waals surface area contributed by atoms with Gasteiger partial charge in [-0.25, -0.2) is 4.39 Å². The van der Waals surface area contributed by atoms with Gasteiger partial charge in [-0.15, -0.1) is 0 Å². The molecule has 0 N–H and O–H groups in total. The maximum atomic E-state index is 13.5. The lowest BCUT2D eigenvalue weighted by Gasteiger charge is -2.32. The highest BCUT2D eigenvalue weighted by Crippen LogP contribution is 2.41. The third-order valence-corrected chi connectivity index (χ3v) is 4.39. The summed E-state index contributed by atoms with van der Waals surface area (Å²) in [4.78, 5) is 4.25. The predicted molar refractivity (Wildman–Crippen MR) is 71.9 cm³/mol. The molecule has 0 aromatic carbocycles. The van der Waals surface area contributed by atoms with Crippen LogP contribution in [0, 0.1) is 5.82 Å². The van der Waals surface area contributed by atoms with E-state index >= 15 is 0 Å². The molecule has 0 amide bonds. The topological polar surface area (TPSA) is 31.4 Å². The molecule has 5 heteroatoms. The lowest BCUT2D eigenvalue weighted by atomic mass is 9.77. The molecule has 1 aromatic heterocycles. The normalized spacial score (nSPS) is 24.8. The maximum absolute atomic E-state index is 13.5. The zero-order valence-corrected chi connectivity index (χ0v) is 11.9. The van der Waals surface area contributed by atoms with Gasteiger partial charge < -0.3 is 9.31 Å². The molecule has 0 bridgehead atoms. The van der Waals surface area contributed by atoms with Crippen molar-refractivity contribution >= 4 is 12.6 Å². The van der Waals surface area contributed by atoms with Gasteiger partial charge >= 0.3 is 7.12 Å². The van der Waals surface area contributed by atoms with E-state index in [1.807, 2.05) is 27.7 Å². The fraction of sp³-hybridized carbons (Fsp3) is 0.643. The summed E-state index contributed by atoms with van der Waals surface area (Å²) in [6.45, 7) is 7.99. The summed E-state index contributed by atoms with van der Waals surface area (Å²) in [6, 6.07) is 1.50. The van der Waals surface area contributed by atoms with Crippen molar-refractivity contribution in [3.05, 3.63) is 23.8 Å². The van der Waals surface area contributed by atoms with E-state index in [1.54, 1.807) is 0 Å². The number of rotatable bonds is 2.